The van der Waals surface area contributed by atoms with Crippen molar-refractivity contribution < 1.29 is 9.53 Å². The van der Waals surface area contributed by atoms with Crippen LogP contribution in [0.25, 0.3) is 0 Å². The van der Waals surface area contributed by atoms with Crippen LogP contribution in [0.4, 0.5) is 0 Å². The Hall–Kier alpha value is -2.11. The van der Waals surface area contributed by atoms with Crippen molar-refractivity contribution in [2.24, 2.45) is 5.10 Å². The van der Waals surface area contributed by atoms with Crippen LogP contribution in [0.15, 0.2) is 47.7 Å². The smallest absolute Gasteiger partial charge is 0.280 e. The number of pyridine rings is 1. The molecule has 1 aromatic carbocycles. The molecule has 7 heteroatoms. The molecule has 2 aromatic rings. The topological polar surface area (TPSA) is 63.6 Å². The van der Waals surface area contributed by atoms with E-state index in [1.165, 1.54) is 0 Å². The fraction of sp³-hybridized carbons (Fsp3) is 0.188. The fourth-order valence-corrected chi connectivity index (χ4v) is 2.13. The van der Waals surface area contributed by atoms with E-state index in [-0.39, 0.29) is 0 Å². The first-order chi connectivity index (χ1) is 11.0. The zero-order chi connectivity index (χ0) is 16.8. The maximum Gasteiger partial charge on any atom is 0.280 e. The summed E-state index contributed by atoms with van der Waals surface area (Å²) in [5.74, 6) is -0.0181. The summed E-state index contributed by atoms with van der Waals surface area (Å²) < 4.78 is 5.51. The molecule has 0 bridgehead atoms. The maximum absolute atomic E-state index is 12.0. The lowest BCUT2D eigenvalue weighted by atomic mass is 10.3. The SMILES string of the molecule is C/C(=N/NC(=O)[C@H](C)Oc1ccc(Cl)cc1Cl)c1ccccn1. The lowest BCUT2D eigenvalue weighted by Gasteiger charge is -2.14. The number of hydrogen-bond donors (Lipinski definition) is 1. The van der Waals surface area contributed by atoms with Crippen LogP contribution in [0.3, 0.4) is 0 Å². The number of ether oxygens (including phenoxy) is 1. The van der Waals surface area contributed by atoms with Crippen molar-refractivity contribution in [3.8, 4) is 5.75 Å². The number of carbonyl (C=O) groups is 1. The number of hydrazone groups is 1. The summed E-state index contributed by atoms with van der Waals surface area (Å²) in [6.07, 6.45) is 0.888. The summed E-state index contributed by atoms with van der Waals surface area (Å²) in [5, 5.41) is 4.85. The Bertz CT molecular complexity index is 721. The third kappa shape index (κ3) is 4.94. The molecule has 0 saturated carbocycles. The second kappa shape index (κ2) is 7.94. The van der Waals surface area contributed by atoms with Gasteiger partial charge in [-0.3, -0.25) is 9.78 Å². The molecule has 5 nitrogen and oxygen atoms in total. The highest BCUT2D eigenvalue weighted by Crippen LogP contribution is 2.28. The number of nitrogens with one attached hydrogen (secondary N) is 1. The molecule has 120 valence electrons. The number of hydrogen-bond acceptors (Lipinski definition) is 4. The number of amides is 1. The van der Waals surface area contributed by atoms with Gasteiger partial charge in [-0.05, 0) is 44.2 Å². The zero-order valence-electron chi connectivity index (χ0n) is 12.6. The van der Waals surface area contributed by atoms with Gasteiger partial charge in [-0.2, -0.15) is 5.10 Å². The Morgan fingerprint density at radius 3 is 2.74 bits per heavy atom. The lowest BCUT2D eigenvalue weighted by Crippen LogP contribution is -2.34. The van der Waals surface area contributed by atoms with Gasteiger partial charge in [-0.25, -0.2) is 5.43 Å². The molecule has 23 heavy (non-hydrogen) atoms. The van der Waals surface area contributed by atoms with E-state index in [0.717, 1.165) is 0 Å². The Morgan fingerprint density at radius 2 is 2.09 bits per heavy atom. The second-order valence-corrected chi connectivity index (χ2v) is 5.57. The van der Waals surface area contributed by atoms with Crippen LogP contribution in [0.2, 0.25) is 10.0 Å². The Balaban J connectivity index is 1.97. The number of aromatic nitrogens is 1. The van der Waals surface area contributed by atoms with Gasteiger partial charge in [0.1, 0.15) is 5.75 Å². The molecule has 0 aliphatic heterocycles. The van der Waals surface area contributed by atoms with Crippen LogP contribution < -0.4 is 10.2 Å². The summed E-state index contributed by atoms with van der Waals surface area (Å²) in [4.78, 5) is 16.2. The normalized spacial score (nSPS) is 12.6. The van der Waals surface area contributed by atoms with Gasteiger partial charge >= 0.3 is 0 Å². The quantitative estimate of drug-likeness (QED) is 0.659. The molecular weight excluding hydrogens is 337 g/mol. The molecule has 1 amide bonds. The van der Waals surface area contributed by atoms with Gasteiger partial charge in [-0.1, -0.05) is 29.3 Å². The Morgan fingerprint density at radius 1 is 1.30 bits per heavy atom. The van der Waals surface area contributed by atoms with Crippen molar-refractivity contribution in [3.63, 3.8) is 0 Å². The molecular formula is C16H15Cl2N3O2. The van der Waals surface area contributed by atoms with E-state index in [1.807, 2.05) is 6.07 Å². The monoisotopic (exact) mass is 351 g/mol. The third-order valence-electron chi connectivity index (χ3n) is 2.94. The van der Waals surface area contributed by atoms with Crippen molar-refractivity contribution in [2.75, 3.05) is 0 Å². The molecule has 1 heterocycles. The number of carbonyl (C=O) groups excluding carboxylic acids is 1. The van der Waals surface area contributed by atoms with Gasteiger partial charge in [-0.15, -0.1) is 0 Å². The first-order valence-electron chi connectivity index (χ1n) is 6.84. The van der Waals surface area contributed by atoms with Crippen LogP contribution in [0, 0.1) is 0 Å². The Labute approximate surface area is 144 Å². The molecule has 0 fully saturated rings. The number of rotatable bonds is 5. The van der Waals surface area contributed by atoms with E-state index in [2.05, 4.69) is 15.5 Å². The fourth-order valence-electron chi connectivity index (χ4n) is 1.68. The first-order valence-corrected chi connectivity index (χ1v) is 7.60. The average molecular weight is 352 g/mol. The predicted molar refractivity (Wildman–Crippen MR) is 91.1 cm³/mol. The summed E-state index contributed by atoms with van der Waals surface area (Å²) in [6.45, 7) is 3.36. The number of nitrogens with zero attached hydrogens (tertiary/aromatic N) is 2. The zero-order valence-corrected chi connectivity index (χ0v) is 14.1. The molecule has 0 aliphatic carbocycles. The molecule has 0 spiro atoms. The van der Waals surface area contributed by atoms with E-state index in [1.54, 1.807) is 50.4 Å². The lowest BCUT2D eigenvalue weighted by molar-refractivity contribution is -0.127. The molecule has 1 aromatic heterocycles. The number of halogens is 2. The van der Waals surface area contributed by atoms with Gasteiger partial charge in [0.15, 0.2) is 6.10 Å². The largest absolute Gasteiger partial charge is 0.479 e. The minimum atomic E-state index is -0.769. The highest BCUT2D eigenvalue weighted by Gasteiger charge is 2.16. The molecule has 0 radical (unpaired) electrons. The minimum Gasteiger partial charge on any atom is -0.479 e. The van der Waals surface area contributed by atoms with Crippen LogP contribution in [0.1, 0.15) is 19.5 Å². The van der Waals surface area contributed by atoms with E-state index in [0.29, 0.717) is 27.2 Å². The van der Waals surface area contributed by atoms with E-state index < -0.39 is 12.0 Å². The summed E-state index contributed by atoms with van der Waals surface area (Å²) in [5.41, 5.74) is 3.72. The van der Waals surface area contributed by atoms with Gasteiger partial charge in [0.05, 0.1) is 16.4 Å². The van der Waals surface area contributed by atoms with Crippen LogP contribution in [0.5, 0.6) is 5.75 Å². The van der Waals surface area contributed by atoms with Gasteiger partial charge in [0, 0.05) is 11.2 Å². The number of benzene rings is 1. The molecule has 2 rings (SSSR count). The summed E-state index contributed by atoms with van der Waals surface area (Å²) in [6, 6.07) is 10.2. The molecule has 1 N–H and O–H groups in total. The average Bonchev–Trinajstić information content (AvgIpc) is 2.55. The second-order valence-electron chi connectivity index (χ2n) is 4.72. The summed E-state index contributed by atoms with van der Waals surface area (Å²) >= 11 is 11.8. The van der Waals surface area contributed by atoms with E-state index in [4.69, 9.17) is 27.9 Å². The minimum absolute atomic E-state index is 0.338. The van der Waals surface area contributed by atoms with Crippen molar-refractivity contribution in [1.29, 1.82) is 0 Å². The van der Waals surface area contributed by atoms with Crippen molar-refractivity contribution >= 4 is 34.8 Å². The maximum atomic E-state index is 12.0. The van der Waals surface area contributed by atoms with Crippen LogP contribution >= 0.6 is 23.2 Å². The first kappa shape index (κ1) is 17.2. The van der Waals surface area contributed by atoms with Gasteiger partial charge in [0.2, 0.25) is 0 Å². The highest BCUT2D eigenvalue weighted by atomic mass is 35.5. The molecule has 0 saturated heterocycles. The van der Waals surface area contributed by atoms with Gasteiger partial charge < -0.3 is 4.74 Å². The van der Waals surface area contributed by atoms with Crippen molar-refractivity contribution in [2.45, 2.75) is 20.0 Å². The standard InChI is InChI=1S/C16H15Cl2N3O2/c1-10(14-5-3-4-8-19-14)20-21-16(22)11(2)23-15-7-6-12(17)9-13(15)18/h3-9,11H,1-2H3,(H,21,22)/b20-10-/t11-/m0/s1. The molecule has 1 atom stereocenters. The molecule has 0 aliphatic rings. The van der Waals surface area contributed by atoms with E-state index in [9.17, 15) is 4.79 Å². The summed E-state index contributed by atoms with van der Waals surface area (Å²) in [7, 11) is 0. The van der Waals surface area contributed by atoms with Crippen molar-refractivity contribution in [1.82, 2.24) is 10.4 Å². The van der Waals surface area contributed by atoms with Crippen LogP contribution in [-0.2, 0) is 4.79 Å². The third-order valence-corrected chi connectivity index (χ3v) is 3.47. The predicted octanol–water partition coefficient (Wildman–Crippen LogP) is 3.70. The molecule has 0 unspecified atom stereocenters. The highest BCUT2D eigenvalue weighted by molar-refractivity contribution is 6.35. The van der Waals surface area contributed by atoms with Gasteiger partial charge in [0.25, 0.3) is 5.91 Å². The van der Waals surface area contributed by atoms with Crippen molar-refractivity contribution in [3.05, 3.63) is 58.3 Å². The Kier molecular flexibility index (Phi) is 5.96. The van der Waals surface area contributed by atoms with Crippen LogP contribution in [-0.4, -0.2) is 22.7 Å². The van der Waals surface area contributed by atoms with E-state index >= 15 is 0 Å².